The van der Waals surface area contributed by atoms with Crippen molar-refractivity contribution in [2.24, 2.45) is 0 Å². The Kier molecular flexibility index (Phi) is 16.2. The summed E-state index contributed by atoms with van der Waals surface area (Å²) in [7, 11) is 1.85. The zero-order valence-electron chi connectivity index (χ0n) is 14.0. The first-order chi connectivity index (χ1) is 11.2. The maximum absolute atomic E-state index is 11.4. The second-order valence-corrected chi connectivity index (χ2v) is 4.94. The number of hydrogen-bond acceptors (Lipinski definition) is 6. The van der Waals surface area contributed by atoms with Gasteiger partial charge in [-0.25, -0.2) is 0 Å². The first kappa shape index (κ1) is 21.8. The summed E-state index contributed by atoms with van der Waals surface area (Å²) in [4.78, 5) is 21.7. The number of likely N-dealkylation sites (N-methyl/N-ethyl adjacent to an activating group) is 1. The first-order valence-corrected chi connectivity index (χ1v) is 8.03. The van der Waals surface area contributed by atoms with E-state index >= 15 is 0 Å². The van der Waals surface area contributed by atoms with Crippen molar-refractivity contribution in [1.82, 2.24) is 10.6 Å². The predicted octanol–water partition coefficient (Wildman–Crippen LogP) is 0.0168. The van der Waals surface area contributed by atoms with Crippen LogP contribution >= 0.6 is 0 Å². The molecule has 3 N–H and O–H groups in total. The van der Waals surface area contributed by atoms with Crippen LogP contribution in [0.25, 0.3) is 0 Å². The highest BCUT2D eigenvalue weighted by molar-refractivity contribution is 5.77. The molecule has 0 atom stereocenters. The summed E-state index contributed by atoms with van der Waals surface area (Å²) in [5.41, 5.74) is 0. The van der Waals surface area contributed by atoms with Crippen LogP contribution in [0, 0.1) is 0 Å². The number of carboxylic acid groups (broad SMARTS) is 1. The van der Waals surface area contributed by atoms with Crippen molar-refractivity contribution in [3.8, 4) is 0 Å². The van der Waals surface area contributed by atoms with Gasteiger partial charge in [0.2, 0.25) is 5.91 Å². The summed E-state index contributed by atoms with van der Waals surface area (Å²) in [6, 6.07) is 0. The number of carbonyl (C=O) groups excluding carboxylic acids is 1. The highest BCUT2D eigenvalue weighted by atomic mass is 16.5. The Morgan fingerprint density at radius 2 is 1.57 bits per heavy atom. The second kappa shape index (κ2) is 17.1. The minimum atomic E-state index is -0.762. The Balaban J connectivity index is 3.16. The first-order valence-electron chi connectivity index (χ1n) is 8.03. The van der Waals surface area contributed by atoms with E-state index in [1.165, 1.54) is 0 Å². The molecule has 0 rings (SSSR count). The van der Waals surface area contributed by atoms with Gasteiger partial charge in [0.05, 0.1) is 26.4 Å². The molecule has 0 unspecified atom stereocenters. The smallest absolute Gasteiger partial charge is 0.303 e. The lowest BCUT2D eigenvalue weighted by molar-refractivity contribution is -0.137. The number of rotatable bonds is 17. The number of ether oxygens (including phenoxy) is 3. The Bertz CT molecular complexity index is 302. The Morgan fingerprint density at radius 1 is 0.870 bits per heavy atom. The van der Waals surface area contributed by atoms with Crippen LogP contribution in [0.3, 0.4) is 0 Å². The largest absolute Gasteiger partial charge is 0.481 e. The lowest BCUT2D eigenvalue weighted by atomic mass is 10.2. The van der Waals surface area contributed by atoms with Gasteiger partial charge in [-0.1, -0.05) is 6.42 Å². The molecule has 0 fully saturated rings. The minimum Gasteiger partial charge on any atom is -0.481 e. The molecule has 0 radical (unpaired) electrons. The molecule has 0 aromatic carbocycles. The summed E-state index contributed by atoms with van der Waals surface area (Å²) in [6.45, 7) is 3.75. The number of hydrogen-bond donors (Lipinski definition) is 3. The third-order valence-electron chi connectivity index (χ3n) is 2.85. The van der Waals surface area contributed by atoms with Gasteiger partial charge in [-0.15, -0.1) is 0 Å². The lowest BCUT2D eigenvalue weighted by Gasteiger charge is -2.07. The molecule has 23 heavy (non-hydrogen) atoms. The average Bonchev–Trinajstić information content (AvgIpc) is 2.52. The van der Waals surface area contributed by atoms with Gasteiger partial charge >= 0.3 is 5.97 Å². The minimum absolute atomic E-state index is 0.0124. The molecule has 8 nitrogen and oxygen atoms in total. The van der Waals surface area contributed by atoms with E-state index < -0.39 is 5.97 Å². The normalized spacial score (nSPS) is 10.7. The lowest BCUT2D eigenvalue weighted by Crippen LogP contribution is -2.31. The van der Waals surface area contributed by atoms with Crippen LogP contribution in [0.5, 0.6) is 0 Å². The molecule has 0 aromatic heterocycles. The van der Waals surface area contributed by atoms with E-state index in [0.29, 0.717) is 46.0 Å². The molecule has 8 heteroatoms. The molecular weight excluding hydrogens is 304 g/mol. The van der Waals surface area contributed by atoms with Crippen LogP contribution in [0.1, 0.15) is 25.7 Å². The van der Waals surface area contributed by atoms with E-state index in [0.717, 1.165) is 19.4 Å². The monoisotopic (exact) mass is 334 g/mol. The van der Waals surface area contributed by atoms with E-state index in [9.17, 15) is 9.59 Å². The fourth-order valence-electron chi connectivity index (χ4n) is 1.63. The molecule has 0 heterocycles. The van der Waals surface area contributed by atoms with Gasteiger partial charge < -0.3 is 30.0 Å². The van der Waals surface area contributed by atoms with Gasteiger partial charge in [0, 0.05) is 26.1 Å². The van der Waals surface area contributed by atoms with E-state index in [2.05, 4.69) is 10.6 Å². The molecule has 0 aromatic rings. The van der Waals surface area contributed by atoms with Crippen molar-refractivity contribution in [1.29, 1.82) is 0 Å². The van der Waals surface area contributed by atoms with E-state index in [4.69, 9.17) is 19.3 Å². The molecule has 1 amide bonds. The van der Waals surface area contributed by atoms with E-state index in [1.807, 2.05) is 7.05 Å². The molecule has 136 valence electrons. The Hall–Kier alpha value is -1.22. The van der Waals surface area contributed by atoms with Gasteiger partial charge in [-0.3, -0.25) is 9.59 Å². The number of carbonyl (C=O) groups is 2. The van der Waals surface area contributed by atoms with Crippen LogP contribution in [-0.4, -0.2) is 76.8 Å². The zero-order valence-corrected chi connectivity index (χ0v) is 14.0. The van der Waals surface area contributed by atoms with Crippen LogP contribution in [0.15, 0.2) is 0 Å². The Morgan fingerprint density at radius 3 is 2.30 bits per heavy atom. The van der Waals surface area contributed by atoms with Crippen molar-refractivity contribution in [2.75, 3.05) is 59.8 Å². The summed E-state index contributed by atoms with van der Waals surface area (Å²) in [5.74, 6) is -0.932. The number of carboxylic acids is 1. The van der Waals surface area contributed by atoms with Crippen molar-refractivity contribution in [2.45, 2.75) is 25.7 Å². The fourth-order valence-corrected chi connectivity index (χ4v) is 1.63. The predicted molar refractivity (Wildman–Crippen MR) is 85.5 cm³/mol. The molecule has 0 spiro atoms. The van der Waals surface area contributed by atoms with Crippen LogP contribution in [-0.2, 0) is 23.8 Å². The molecule has 0 aliphatic rings. The Labute approximate surface area is 137 Å². The van der Waals surface area contributed by atoms with Crippen molar-refractivity contribution in [3.05, 3.63) is 0 Å². The number of unbranched alkanes of at least 4 members (excludes halogenated alkanes) is 2. The summed E-state index contributed by atoms with van der Waals surface area (Å²) >= 11 is 0. The standard InChI is InChI=1S/C15H30N2O6/c1-16-6-9-22-10-7-17-14(18)13-23-12-11-21-8-4-2-3-5-15(19)20/h16H,2-13H2,1H3,(H,17,18)(H,19,20). The van der Waals surface area contributed by atoms with Crippen LogP contribution in [0.2, 0.25) is 0 Å². The maximum atomic E-state index is 11.4. The zero-order chi connectivity index (χ0) is 17.2. The second-order valence-electron chi connectivity index (χ2n) is 4.94. The third kappa shape index (κ3) is 18.7. The van der Waals surface area contributed by atoms with Gasteiger partial charge in [0.1, 0.15) is 6.61 Å². The van der Waals surface area contributed by atoms with Crippen LogP contribution in [0.4, 0.5) is 0 Å². The molecule has 0 aliphatic heterocycles. The number of aliphatic carboxylic acids is 1. The topological polar surface area (TPSA) is 106 Å². The number of amides is 1. The maximum Gasteiger partial charge on any atom is 0.303 e. The highest BCUT2D eigenvalue weighted by Crippen LogP contribution is 1.99. The average molecular weight is 334 g/mol. The van der Waals surface area contributed by atoms with Gasteiger partial charge in [0.25, 0.3) is 0 Å². The quantitative estimate of drug-likeness (QED) is 0.322. The molecule has 0 aliphatic carbocycles. The van der Waals surface area contributed by atoms with Gasteiger partial charge in [-0.2, -0.15) is 0 Å². The summed E-state index contributed by atoms with van der Waals surface area (Å²) in [6.07, 6.45) is 2.56. The van der Waals surface area contributed by atoms with Gasteiger partial charge in [-0.05, 0) is 19.9 Å². The van der Waals surface area contributed by atoms with Crippen molar-refractivity contribution in [3.63, 3.8) is 0 Å². The highest BCUT2D eigenvalue weighted by Gasteiger charge is 2.00. The van der Waals surface area contributed by atoms with Crippen molar-refractivity contribution < 1.29 is 28.9 Å². The summed E-state index contributed by atoms with van der Waals surface area (Å²) in [5, 5.41) is 14.1. The van der Waals surface area contributed by atoms with Gasteiger partial charge in [0.15, 0.2) is 0 Å². The third-order valence-corrected chi connectivity index (χ3v) is 2.85. The van der Waals surface area contributed by atoms with Crippen LogP contribution < -0.4 is 10.6 Å². The molecule has 0 saturated heterocycles. The number of nitrogens with one attached hydrogen (secondary N) is 2. The summed E-state index contributed by atoms with van der Waals surface area (Å²) < 4.78 is 15.8. The van der Waals surface area contributed by atoms with Crippen molar-refractivity contribution >= 4 is 11.9 Å². The molecular formula is C15H30N2O6. The fraction of sp³-hybridized carbons (Fsp3) is 0.867. The molecule has 0 saturated carbocycles. The van der Waals surface area contributed by atoms with E-state index in [-0.39, 0.29) is 18.9 Å². The molecule has 0 bridgehead atoms. The van der Waals surface area contributed by atoms with E-state index in [1.54, 1.807) is 0 Å². The SMILES string of the molecule is CNCCOCCNC(=O)COCCOCCCCCC(=O)O.